The Bertz CT molecular complexity index is 188. The number of piperazine rings is 3. The summed E-state index contributed by atoms with van der Waals surface area (Å²) < 4.78 is 0. The summed E-state index contributed by atoms with van der Waals surface area (Å²) in [7, 11) is 0. The van der Waals surface area contributed by atoms with E-state index in [-0.39, 0.29) is 9.98 Å². The van der Waals surface area contributed by atoms with Crippen LogP contribution in [0.1, 0.15) is 0 Å². The van der Waals surface area contributed by atoms with E-state index in [1.54, 1.807) is 0 Å². The molecule has 2 bridgehead atoms. The van der Waals surface area contributed by atoms with Crippen molar-refractivity contribution in [2.75, 3.05) is 39.3 Å². The summed E-state index contributed by atoms with van der Waals surface area (Å²) in [6.45, 7) is 7.92. The van der Waals surface area contributed by atoms with Gasteiger partial charge in [-0.2, -0.15) is 0 Å². The first-order valence-corrected chi connectivity index (χ1v) is 5.45. The number of nitrogens with zero attached hydrogens (tertiary/aromatic N) is 2. The van der Waals surface area contributed by atoms with E-state index < -0.39 is 0 Å². The standard InChI is InChI=1S/C6H12N2.C2H4N2S2/c1-2-8-5-3-7(1)4-6-8;3-1(5)2(4)6/h1-6H2;(H2,3,5)(H2,4,6). The molecule has 6 heteroatoms. The van der Waals surface area contributed by atoms with Crippen LogP contribution in [-0.2, 0) is 0 Å². The number of hydrogen-bond donors (Lipinski definition) is 2. The maximum Gasteiger partial charge on any atom is 0.131 e. The molecule has 3 fully saturated rings. The quantitative estimate of drug-likeness (QED) is 0.532. The third-order valence-corrected chi connectivity index (χ3v) is 3.01. The Morgan fingerprint density at radius 1 is 0.714 bits per heavy atom. The molecule has 0 aromatic rings. The number of nitrogens with two attached hydrogens (primary N) is 2. The molecule has 0 spiro atoms. The molecule has 3 rings (SSSR count). The third kappa shape index (κ3) is 3.83. The van der Waals surface area contributed by atoms with E-state index in [1.807, 2.05) is 0 Å². The lowest BCUT2D eigenvalue weighted by Gasteiger charge is -2.41. The predicted octanol–water partition coefficient (Wildman–Crippen LogP) is -0.824. The maximum absolute atomic E-state index is 4.90. The topological polar surface area (TPSA) is 58.5 Å². The summed E-state index contributed by atoms with van der Waals surface area (Å²) in [6.07, 6.45) is 0. The van der Waals surface area contributed by atoms with Crippen molar-refractivity contribution >= 4 is 34.4 Å². The van der Waals surface area contributed by atoms with Crippen molar-refractivity contribution in [2.24, 2.45) is 11.5 Å². The van der Waals surface area contributed by atoms with Gasteiger partial charge in [0.25, 0.3) is 0 Å². The molecular formula is C8H16N4S2. The van der Waals surface area contributed by atoms with Crippen LogP contribution in [0.4, 0.5) is 0 Å². The third-order valence-electron chi connectivity index (χ3n) is 2.44. The Morgan fingerprint density at radius 3 is 1.00 bits per heavy atom. The van der Waals surface area contributed by atoms with E-state index in [0.29, 0.717) is 0 Å². The SMILES string of the molecule is C1CN2CCN1CC2.NC(=S)C(N)=S. The monoisotopic (exact) mass is 232 g/mol. The Hall–Kier alpha value is -0.300. The molecule has 0 amide bonds. The Kier molecular flexibility index (Phi) is 4.67. The smallest absolute Gasteiger partial charge is 0.131 e. The molecule has 3 heterocycles. The zero-order valence-corrected chi connectivity index (χ0v) is 9.74. The minimum atomic E-state index is 0.102. The first-order chi connectivity index (χ1) is 6.59. The fraction of sp³-hybridized carbons (Fsp3) is 0.750. The first kappa shape index (κ1) is 11.8. The number of fused-ring (bicyclic) bond motifs is 3. The summed E-state index contributed by atoms with van der Waals surface area (Å²) in [5.41, 5.74) is 9.80. The molecule has 0 radical (unpaired) electrons. The van der Waals surface area contributed by atoms with Gasteiger partial charge in [-0.15, -0.1) is 0 Å². The molecule has 3 saturated heterocycles. The Labute approximate surface area is 95.2 Å². The zero-order chi connectivity index (χ0) is 10.6. The van der Waals surface area contributed by atoms with Gasteiger partial charge in [0.15, 0.2) is 0 Å². The molecule has 0 aliphatic carbocycles. The fourth-order valence-corrected chi connectivity index (χ4v) is 1.52. The van der Waals surface area contributed by atoms with Crippen LogP contribution in [-0.4, -0.2) is 59.0 Å². The molecular weight excluding hydrogens is 216 g/mol. The summed E-state index contributed by atoms with van der Waals surface area (Å²) in [4.78, 5) is 5.29. The number of hydrogen-bond acceptors (Lipinski definition) is 4. The lowest BCUT2D eigenvalue weighted by atomic mass is 10.2. The molecule has 14 heavy (non-hydrogen) atoms. The molecule has 3 aliphatic rings. The van der Waals surface area contributed by atoms with Gasteiger partial charge >= 0.3 is 0 Å². The second kappa shape index (κ2) is 5.55. The average molecular weight is 232 g/mol. The van der Waals surface area contributed by atoms with Crippen LogP contribution >= 0.6 is 24.4 Å². The minimum Gasteiger partial charge on any atom is -0.388 e. The highest BCUT2D eigenvalue weighted by Gasteiger charge is 2.21. The highest BCUT2D eigenvalue weighted by molar-refractivity contribution is 7.89. The molecule has 3 aliphatic heterocycles. The van der Waals surface area contributed by atoms with Crippen LogP contribution in [0.3, 0.4) is 0 Å². The van der Waals surface area contributed by atoms with Crippen molar-refractivity contribution in [3.63, 3.8) is 0 Å². The van der Waals surface area contributed by atoms with Crippen molar-refractivity contribution in [2.45, 2.75) is 0 Å². The average Bonchev–Trinajstić information content (AvgIpc) is 2.21. The van der Waals surface area contributed by atoms with E-state index in [4.69, 9.17) is 11.5 Å². The largest absolute Gasteiger partial charge is 0.388 e. The second-order valence-corrected chi connectivity index (χ2v) is 4.29. The van der Waals surface area contributed by atoms with Crippen molar-refractivity contribution in [1.82, 2.24) is 9.80 Å². The van der Waals surface area contributed by atoms with Gasteiger partial charge in [0.1, 0.15) is 9.98 Å². The van der Waals surface area contributed by atoms with E-state index >= 15 is 0 Å². The van der Waals surface area contributed by atoms with Crippen LogP contribution in [0.15, 0.2) is 0 Å². The van der Waals surface area contributed by atoms with Gasteiger partial charge in [-0.1, -0.05) is 24.4 Å². The second-order valence-electron chi connectivity index (χ2n) is 3.41. The van der Waals surface area contributed by atoms with Crippen molar-refractivity contribution in [3.8, 4) is 0 Å². The van der Waals surface area contributed by atoms with Gasteiger partial charge in [-0.25, -0.2) is 0 Å². The molecule has 0 unspecified atom stereocenters. The van der Waals surface area contributed by atoms with Crippen LogP contribution in [0.5, 0.6) is 0 Å². The van der Waals surface area contributed by atoms with E-state index in [1.165, 1.54) is 39.3 Å². The summed E-state index contributed by atoms with van der Waals surface area (Å²) in [6, 6.07) is 0. The van der Waals surface area contributed by atoms with Gasteiger partial charge in [0, 0.05) is 39.3 Å². The van der Waals surface area contributed by atoms with Gasteiger partial charge in [0.2, 0.25) is 0 Å². The molecule has 80 valence electrons. The molecule has 4 N–H and O–H groups in total. The normalized spacial score (nSPS) is 28.9. The van der Waals surface area contributed by atoms with E-state index in [2.05, 4.69) is 34.2 Å². The molecule has 0 aromatic carbocycles. The van der Waals surface area contributed by atoms with E-state index in [9.17, 15) is 0 Å². The summed E-state index contributed by atoms with van der Waals surface area (Å²) >= 11 is 8.66. The summed E-state index contributed by atoms with van der Waals surface area (Å²) in [5, 5.41) is 0. The lowest BCUT2D eigenvalue weighted by Crippen LogP contribution is -2.55. The molecule has 0 saturated carbocycles. The van der Waals surface area contributed by atoms with Crippen molar-refractivity contribution in [1.29, 1.82) is 0 Å². The summed E-state index contributed by atoms with van der Waals surface area (Å²) in [5.74, 6) is 0. The van der Waals surface area contributed by atoms with Crippen molar-refractivity contribution in [3.05, 3.63) is 0 Å². The van der Waals surface area contributed by atoms with Gasteiger partial charge in [-0.3, -0.25) is 9.80 Å². The molecule has 0 atom stereocenters. The fourth-order valence-electron chi connectivity index (χ4n) is 1.52. The number of thiocarbonyl (C=S) groups is 2. The highest BCUT2D eigenvalue weighted by atomic mass is 32.1. The first-order valence-electron chi connectivity index (χ1n) is 4.63. The van der Waals surface area contributed by atoms with Crippen LogP contribution in [0, 0.1) is 0 Å². The van der Waals surface area contributed by atoms with Gasteiger partial charge < -0.3 is 11.5 Å². The van der Waals surface area contributed by atoms with Crippen molar-refractivity contribution < 1.29 is 0 Å². The highest BCUT2D eigenvalue weighted by Crippen LogP contribution is 2.06. The number of rotatable bonds is 0. The predicted molar refractivity (Wildman–Crippen MR) is 66.5 cm³/mol. The van der Waals surface area contributed by atoms with Crippen LogP contribution in [0.2, 0.25) is 0 Å². The van der Waals surface area contributed by atoms with Crippen LogP contribution < -0.4 is 11.5 Å². The van der Waals surface area contributed by atoms with Gasteiger partial charge in [0.05, 0.1) is 0 Å². The Morgan fingerprint density at radius 2 is 0.929 bits per heavy atom. The van der Waals surface area contributed by atoms with Gasteiger partial charge in [-0.05, 0) is 0 Å². The zero-order valence-electron chi connectivity index (χ0n) is 8.11. The lowest BCUT2D eigenvalue weighted by molar-refractivity contribution is 0.0647. The Balaban J connectivity index is 0.000000149. The van der Waals surface area contributed by atoms with E-state index in [0.717, 1.165) is 0 Å². The maximum atomic E-state index is 4.90. The molecule has 0 aromatic heterocycles. The minimum absolute atomic E-state index is 0.102. The van der Waals surface area contributed by atoms with Crippen LogP contribution in [0.25, 0.3) is 0 Å². The molecule has 4 nitrogen and oxygen atoms in total.